The van der Waals surface area contributed by atoms with E-state index in [0.717, 1.165) is 25.0 Å². The van der Waals surface area contributed by atoms with Gasteiger partial charge >= 0.3 is 6.18 Å². The number of rotatable bonds is 8. The van der Waals surface area contributed by atoms with Gasteiger partial charge in [0.15, 0.2) is 0 Å². The van der Waals surface area contributed by atoms with Crippen LogP contribution in [0.25, 0.3) is 0 Å². The summed E-state index contributed by atoms with van der Waals surface area (Å²) in [5.74, 6) is -1.81. The first-order valence-electron chi connectivity index (χ1n) is 8.39. The fourth-order valence-corrected chi connectivity index (χ4v) is 2.32. The Bertz CT molecular complexity index is 673. The van der Waals surface area contributed by atoms with Gasteiger partial charge < -0.3 is 15.8 Å². The van der Waals surface area contributed by atoms with Crippen molar-refractivity contribution in [1.82, 2.24) is 10.3 Å². The minimum Gasteiger partial charge on any atom is -0.477 e. The molecule has 0 spiro atoms. The van der Waals surface area contributed by atoms with Crippen molar-refractivity contribution in [3.8, 4) is 5.88 Å². The molecule has 0 aromatic carbocycles. The Labute approximate surface area is 149 Å². The summed E-state index contributed by atoms with van der Waals surface area (Å²) in [5.41, 5.74) is 3.96. The van der Waals surface area contributed by atoms with Gasteiger partial charge in [0.05, 0.1) is 6.61 Å². The molecule has 26 heavy (non-hydrogen) atoms. The molecular weight excluding hydrogens is 351 g/mol. The maximum atomic E-state index is 13.1. The number of amides is 2. The molecule has 1 aliphatic rings. The van der Waals surface area contributed by atoms with Gasteiger partial charge in [-0.25, -0.2) is 4.98 Å². The first-order chi connectivity index (χ1) is 12.1. The van der Waals surface area contributed by atoms with E-state index < -0.39 is 35.5 Å². The molecule has 6 nitrogen and oxygen atoms in total. The molecule has 9 heteroatoms. The highest BCUT2D eigenvalue weighted by Gasteiger charge is 2.36. The number of alkyl halides is 3. The highest BCUT2D eigenvalue weighted by atomic mass is 19.4. The maximum Gasteiger partial charge on any atom is 0.421 e. The molecule has 1 saturated carbocycles. The molecule has 1 aliphatic carbocycles. The lowest BCUT2D eigenvalue weighted by molar-refractivity contribution is -0.139. The number of aromatic nitrogens is 1. The van der Waals surface area contributed by atoms with Gasteiger partial charge in [-0.15, -0.1) is 0 Å². The molecule has 3 N–H and O–H groups in total. The first-order valence-corrected chi connectivity index (χ1v) is 8.39. The third-order valence-electron chi connectivity index (χ3n) is 3.91. The van der Waals surface area contributed by atoms with E-state index in [0.29, 0.717) is 6.42 Å². The fourth-order valence-electron chi connectivity index (χ4n) is 2.32. The summed E-state index contributed by atoms with van der Waals surface area (Å²) in [6.07, 6.45) is -2.53. The molecule has 0 radical (unpaired) electrons. The number of nitrogens with one attached hydrogen (secondary N) is 1. The normalized spacial score (nSPS) is 15.6. The lowest BCUT2D eigenvalue weighted by atomic mass is 10.0. The van der Waals surface area contributed by atoms with Crippen LogP contribution >= 0.6 is 0 Å². The van der Waals surface area contributed by atoms with E-state index in [1.165, 1.54) is 0 Å². The molecule has 2 rings (SSSR count). The minimum atomic E-state index is -4.64. The van der Waals surface area contributed by atoms with Crippen LogP contribution in [-0.2, 0) is 11.0 Å². The van der Waals surface area contributed by atoms with E-state index in [-0.39, 0.29) is 24.1 Å². The lowest BCUT2D eigenvalue weighted by Crippen LogP contribution is -2.45. The van der Waals surface area contributed by atoms with E-state index in [4.69, 9.17) is 10.5 Å². The van der Waals surface area contributed by atoms with Crippen molar-refractivity contribution in [1.29, 1.82) is 0 Å². The fraction of sp³-hybridized carbons (Fsp3) is 0.588. The van der Waals surface area contributed by atoms with Crippen LogP contribution in [0.5, 0.6) is 5.88 Å². The third kappa shape index (κ3) is 5.60. The number of carbonyl (C=O) groups is 2. The third-order valence-corrected chi connectivity index (χ3v) is 3.91. The first kappa shape index (κ1) is 20.0. The lowest BCUT2D eigenvalue weighted by Gasteiger charge is -2.18. The molecule has 0 bridgehead atoms. The molecule has 1 atom stereocenters. The summed E-state index contributed by atoms with van der Waals surface area (Å²) in [6.45, 7) is 3.82. The Hall–Kier alpha value is -2.32. The second-order valence-electron chi connectivity index (χ2n) is 6.86. The monoisotopic (exact) mass is 373 g/mol. The highest BCUT2D eigenvalue weighted by molar-refractivity contribution is 5.96. The molecule has 1 fully saturated rings. The Morgan fingerprint density at radius 2 is 2.00 bits per heavy atom. The van der Waals surface area contributed by atoms with E-state index >= 15 is 0 Å². The van der Waals surface area contributed by atoms with Gasteiger partial charge in [-0.1, -0.05) is 13.8 Å². The van der Waals surface area contributed by atoms with Crippen LogP contribution in [0.3, 0.4) is 0 Å². The second kappa shape index (κ2) is 7.92. The summed E-state index contributed by atoms with van der Waals surface area (Å²) in [5, 5.41) is 2.41. The SMILES string of the molecule is CC(C)CC(NC(=O)c1ccc(C(F)(F)F)c(OCC2CC2)n1)C(N)=O. The van der Waals surface area contributed by atoms with Gasteiger partial charge in [0.25, 0.3) is 5.91 Å². The van der Waals surface area contributed by atoms with Gasteiger partial charge in [-0.05, 0) is 43.2 Å². The number of nitrogens with zero attached hydrogens (tertiary/aromatic N) is 1. The van der Waals surface area contributed by atoms with Crippen molar-refractivity contribution in [2.75, 3.05) is 6.61 Å². The summed E-state index contributed by atoms with van der Waals surface area (Å²) in [6, 6.07) is 0.781. The van der Waals surface area contributed by atoms with Gasteiger partial charge in [0.1, 0.15) is 17.3 Å². The van der Waals surface area contributed by atoms with Crippen molar-refractivity contribution in [2.45, 2.75) is 45.3 Å². The van der Waals surface area contributed by atoms with Crippen LogP contribution in [0.1, 0.15) is 49.2 Å². The van der Waals surface area contributed by atoms with Gasteiger partial charge in [0.2, 0.25) is 11.8 Å². The smallest absolute Gasteiger partial charge is 0.421 e. The zero-order valence-electron chi connectivity index (χ0n) is 14.6. The molecule has 0 saturated heterocycles. The van der Waals surface area contributed by atoms with Crippen LogP contribution in [0.2, 0.25) is 0 Å². The Kier molecular flexibility index (Phi) is 6.09. The van der Waals surface area contributed by atoms with Crippen LogP contribution in [0, 0.1) is 11.8 Å². The number of pyridine rings is 1. The number of ether oxygens (including phenoxy) is 1. The molecule has 1 aromatic rings. The van der Waals surface area contributed by atoms with Crippen LogP contribution in [0.4, 0.5) is 13.2 Å². The molecule has 0 aliphatic heterocycles. The standard InChI is InChI=1S/C17H22F3N3O3/c1-9(2)7-13(14(21)24)22-15(25)12-6-5-11(17(18,19)20)16(23-12)26-8-10-3-4-10/h5-6,9-10,13H,3-4,7-8H2,1-2H3,(H2,21,24)(H,22,25). The van der Waals surface area contributed by atoms with E-state index in [1.54, 1.807) is 0 Å². The number of hydrogen-bond acceptors (Lipinski definition) is 4. The molecule has 1 aromatic heterocycles. The van der Waals surface area contributed by atoms with Gasteiger partial charge in [-0.2, -0.15) is 13.2 Å². The molecule has 1 heterocycles. The van der Waals surface area contributed by atoms with Gasteiger partial charge in [0, 0.05) is 0 Å². The second-order valence-corrected chi connectivity index (χ2v) is 6.86. The number of primary amides is 1. The Morgan fingerprint density at radius 3 is 2.50 bits per heavy atom. The summed E-state index contributed by atoms with van der Waals surface area (Å²) >= 11 is 0. The number of carbonyl (C=O) groups excluding carboxylic acids is 2. The van der Waals surface area contributed by atoms with E-state index in [1.807, 2.05) is 13.8 Å². The van der Waals surface area contributed by atoms with E-state index in [2.05, 4.69) is 10.3 Å². The highest BCUT2D eigenvalue weighted by Crippen LogP contribution is 2.36. The van der Waals surface area contributed by atoms with Crippen LogP contribution < -0.4 is 15.8 Å². The average Bonchev–Trinajstić information content (AvgIpc) is 3.34. The number of halogens is 3. The van der Waals surface area contributed by atoms with Gasteiger partial charge in [-0.3, -0.25) is 9.59 Å². The van der Waals surface area contributed by atoms with Crippen LogP contribution in [0.15, 0.2) is 12.1 Å². The summed E-state index contributed by atoms with van der Waals surface area (Å²) in [7, 11) is 0. The quantitative estimate of drug-likeness (QED) is 0.732. The van der Waals surface area contributed by atoms with E-state index in [9.17, 15) is 22.8 Å². The zero-order valence-corrected chi connectivity index (χ0v) is 14.6. The predicted molar refractivity (Wildman–Crippen MR) is 87.4 cm³/mol. The number of hydrogen-bond donors (Lipinski definition) is 2. The Morgan fingerprint density at radius 1 is 1.35 bits per heavy atom. The molecule has 144 valence electrons. The van der Waals surface area contributed by atoms with Crippen molar-refractivity contribution in [3.05, 3.63) is 23.4 Å². The number of nitrogens with two attached hydrogens (primary N) is 1. The predicted octanol–water partition coefficient (Wildman–Crippen LogP) is 2.52. The zero-order chi connectivity index (χ0) is 19.5. The average molecular weight is 373 g/mol. The van der Waals surface area contributed by atoms with Crippen molar-refractivity contribution >= 4 is 11.8 Å². The molecular formula is C17H22F3N3O3. The van der Waals surface area contributed by atoms with Crippen molar-refractivity contribution in [2.24, 2.45) is 17.6 Å². The van der Waals surface area contributed by atoms with Crippen molar-refractivity contribution < 1.29 is 27.5 Å². The molecule has 2 amide bonds. The van der Waals surface area contributed by atoms with Crippen molar-refractivity contribution in [3.63, 3.8) is 0 Å². The minimum absolute atomic E-state index is 0.0887. The summed E-state index contributed by atoms with van der Waals surface area (Å²) < 4.78 is 44.5. The molecule has 1 unspecified atom stereocenters. The topological polar surface area (TPSA) is 94.3 Å². The van der Waals surface area contributed by atoms with Crippen LogP contribution in [-0.4, -0.2) is 29.4 Å². The Balaban J connectivity index is 2.20. The largest absolute Gasteiger partial charge is 0.477 e. The maximum absolute atomic E-state index is 13.1. The summed E-state index contributed by atoms with van der Waals surface area (Å²) in [4.78, 5) is 27.5.